The second kappa shape index (κ2) is 19.3. The second-order valence-corrected chi connectivity index (χ2v) is 4.88. The number of rotatable bonds is 12. The number of aliphatic hydroxyl groups excluding tert-OH is 1. The van der Waals surface area contributed by atoms with E-state index >= 15 is 0 Å². The number of aldehydes is 1. The Kier molecular flexibility index (Phi) is 19.8. The van der Waals surface area contributed by atoms with Crippen LogP contribution in [0.25, 0.3) is 0 Å². The summed E-state index contributed by atoms with van der Waals surface area (Å²) in [5.74, 6) is 0. The molecule has 3 heteroatoms. The molecule has 0 fully saturated rings. The van der Waals surface area contributed by atoms with Gasteiger partial charge in [-0.25, -0.2) is 0 Å². The molecule has 136 valence electrons. The maximum atomic E-state index is 10.3. The van der Waals surface area contributed by atoms with E-state index in [-0.39, 0.29) is 0 Å². The van der Waals surface area contributed by atoms with Gasteiger partial charge in [0, 0.05) is 13.0 Å². The van der Waals surface area contributed by atoms with E-state index in [0.717, 1.165) is 36.8 Å². The van der Waals surface area contributed by atoms with Gasteiger partial charge in [0.2, 0.25) is 0 Å². The molecule has 0 aliphatic rings. The first-order valence-corrected chi connectivity index (χ1v) is 8.79. The summed E-state index contributed by atoms with van der Waals surface area (Å²) in [6.45, 7) is 12.9. The molecule has 0 amide bonds. The summed E-state index contributed by atoms with van der Waals surface area (Å²) >= 11 is 0. The van der Waals surface area contributed by atoms with Crippen LogP contribution in [0.3, 0.4) is 0 Å². The summed E-state index contributed by atoms with van der Waals surface area (Å²) in [7, 11) is 0. The molecule has 0 aliphatic heterocycles. The van der Waals surface area contributed by atoms with Crippen molar-refractivity contribution in [1.29, 1.82) is 0 Å². The standard InChI is InChI=1S/C19H29NO2.C2H6/c1-4-10-17(12-8-7-9-15-21)13-14-20-16-19(22)18(6-3)11-5-2;1-2/h4-6,8,10-12,15,19-20,22H,1,7,9,13-14,16H2,2-3H3;1-2H3/b11-5-,12-8-,17-10+,18-6+;. The lowest BCUT2D eigenvalue weighted by Crippen LogP contribution is -2.28. The minimum atomic E-state index is -0.490. The number of unbranched alkanes of at least 4 members (excludes halogenated alkanes) is 1. The lowest BCUT2D eigenvalue weighted by atomic mass is 10.1. The highest BCUT2D eigenvalue weighted by atomic mass is 16.3. The first-order chi connectivity index (χ1) is 11.7. The van der Waals surface area contributed by atoms with E-state index in [1.807, 2.05) is 64.2 Å². The van der Waals surface area contributed by atoms with Crippen LogP contribution in [0.4, 0.5) is 0 Å². The van der Waals surface area contributed by atoms with E-state index in [4.69, 9.17) is 0 Å². The Hall–Kier alpha value is -1.71. The molecule has 3 nitrogen and oxygen atoms in total. The largest absolute Gasteiger partial charge is 0.387 e. The zero-order valence-corrected chi connectivity index (χ0v) is 15.8. The van der Waals surface area contributed by atoms with Crippen LogP contribution in [0, 0.1) is 0 Å². The molecular weight excluding hydrogens is 298 g/mol. The van der Waals surface area contributed by atoms with Crippen molar-refractivity contribution >= 4 is 6.29 Å². The van der Waals surface area contributed by atoms with Crippen LogP contribution in [0.1, 0.15) is 47.0 Å². The van der Waals surface area contributed by atoms with Crippen LogP contribution in [-0.4, -0.2) is 30.6 Å². The third-order valence-electron chi connectivity index (χ3n) is 3.12. The molecule has 1 unspecified atom stereocenters. The first kappa shape index (κ1) is 24.5. The maximum absolute atomic E-state index is 10.3. The highest BCUT2D eigenvalue weighted by molar-refractivity contribution is 5.49. The number of carbonyl (C=O) groups is 1. The fourth-order valence-corrected chi connectivity index (χ4v) is 1.95. The highest BCUT2D eigenvalue weighted by Gasteiger charge is 2.06. The lowest BCUT2D eigenvalue weighted by molar-refractivity contribution is -0.107. The molecule has 0 bridgehead atoms. The van der Waals surface area contributed by atoms with E-state index in [1.54, 1.807) is 6.08 Å². The van der Waals surface area contributed by atoms with Crippen molar-refractivity contribution in [2.24, 2.45) is 0 Å². The molecule has 0 spiro atoms. The number of allylic oxidation sites excluding steroid dienone is 6. The van der Waals surface area contributed by atoms with Gasteiger partial charge in [0.05, 0.1) is 6.10 Å². The van der Waals surface area contributed by atoms with Gasteiger partial charge in [-0.1, -0.05) is 63.0 Å². The normalized spacial score (nSPS) is 13.7. The highest BCUT2D eigenvalue weighted by Crippen LogP contribution is 2.06. The molecule has 0 saturated heterocycles. The van der Waals surface area contributed by atoms with Gasteiger partial charge in [0.15, 0.2) is 0 Å². The molecule has 0 heterocycles. The van der Waals surface area contributed by atoms with E-state index in [9.17, 15) is 9.90 Å². The molecule has 2 N–H and O–H groups in total. The van der Waals surface area contributed by atoms with Crippen LogP contribution in [0.2, 0.25) is 0 Å². The molecule has 0 aromatic rings. The van der Waals surface area contributed by atoms with Crippen LogP contribution < -0.4 is 5.32 Å². The van der Waals surface area contributed by atoms with Gasteiger partial charge in [0.25, 0.3) is 0 Å². The van der Waals surface area contributed by atoms with Gasteiger partial charge in [-0.05, 0) is 44.4 Å². The summed E-state index contributed by atoms with van der Waals surface area (Å²) in [6.07, 6.45) is 16.1. The Morgan fingerprint density at radius 1 is 1.21 bits per heavy atom. The van der Waals surface area contributed by atoms with E-state index < -0.39 is 6.10 Å². The van der Waals surface area contributed by atoms with Gasteiger partial charge in [0.1, 0.15) is 6.29 Å². The minimum absolute atomic E-state index is 0.490. The van der Waals surface area contributed by atoms with Crippen molar-refractivity contribution in [1.82, 2.24) is 5.32 Å². The fraction of sp³-hybridized carbons (Fsp3) is 0.476. The third kappa shape index (κ3) is 13.9. The Morgan fingerprint density at radius 3 is 2.46 bits per heavy atom. The summed E-state index contributed by atoms with van der Waals surface area (Å²) in [5.41, 5.74) is 2.08. The fourth-order valence-electron chi connectivity index (χ4n) is 1.95. The molecule has 0 radical (unpaired) electrons. The molecule has 1 atom stereocenters. The SMILES string of the molecule is C=C/C=C(\C=C/CCC=O)CCNCC(O)C(/C=C\C)=C/C.CC. The summed E-state index contributed by atoms with van der Waals surface area (Å²) < 4.78 is 0. The van der Waals surface area contributed by atoms with Gasteiger partial charge in [-0.2, -0.15) is 0 Å². The Bertz CT molecular complexity index is 431. The number of hydrogen-bond acceptors (Lipinski definition) is 3. The minimum Gasteiger partial charge on any atom is -0.387 e. The number of nitrogens with one attached hydrogen (secondary N) is 1. The number of hydrogen-bond donors (Lipinski definition) is 2. The molecular formula is C21H35NO2. The average Bonchev–Trinajstić information content (AvgIpc) is 2.61. The smallest absolute Gasteiger partial charge is 0.120 e. The molecule has 24 heavy (non-hydrogen) atoms. The van der Waals surface area contributed by atoms with E-state index in [2.05, 4.69) is 11.9 Å². The van der Waals surface area contributed by atoms with Crippen LogP contribution in [-0.2, 0) is 4.79 Å². The third-order valence-corrected chi connectivity index (χ3v) is 3.12. The van der Waals surface area contributed by atoms with Crippen molar-refractivity contribution < 1.29 is 9.90 Å². The van der Waals surface area contributed by atoms with Crippen LogP contribution >= 0.6 is 0 Å². The molecule has 0 aliphatic carbocycles. The van der Waals surface area contributed by atoms with Crippen molar-refractivity contribution in [2.45, 2.75) is 53.1 Å². The van der Waals surface area contributed by atoms with Crippen molar-refractivity contribution in [3.63, 3.8) is 0 Å². The second-order valence-electron chi connectivity index (χ2n) is 4.88. The van der Waals surface area contributed by atoms with Crippen LogP contribution in [0.15, 0.2) is 60.3 Å². The summed E-state index contributed by atoms with van der Waals surface area (Å²) in [4.78, 5) is 10.3. The topological polar surface area (TPSA) is 49.3 Å². The Morgan fingerprint density at radius 2 is 1.92 bits per heavy atom. The predicted molar refractivity (Wildman–Crippen MR) is 106 cm³/mol. The zero-order valence-electron chi connectivity index (χ0n) is 15.8. The van der Waals surface area contributed by atoms with Gasteiger partial charge < -0.3 is 15.2 Å². The molecule has 0 rings (SSSR count). The van der Waals surface area contributed by atoms with Crippen molar-refractivity contribution in [3.05, 3.63) is 60.3 Å². The quantitative estimate of drug-likeness (QED) is 0.313. The molecule has 0 saturated carbocycles. The first-order valence-electron chi connectivity index (χ1n) is 8.79. The lowest BCUT2D eigenvalue weighted by Gasteiger charge is -2.13. The maximum Gasteiger partial charge on any atom is 0.120 e. The van der Waals surface area contributed by atoms with Crippen LogP contribution in [0.5, 0.6) is 0 Å². The van der Waals surface area contributed by atoms with E-state index in [0.29, 0.717) is 13.0 Å². The summed E-state index contributed by atoms with van der Waals surface area (Å²) in [5, 5.41) is 13.3. The molecule has 0 aromatic carbocycles. The average molecular weight is 334 g/mol. The number of aliphatic hydroxyl groups is 1. The Labute approximate surface area is 148 Å². The summed E-state index contributed by atoms with van der Waals surface area (Å²) in [6, 6.07) is 0. The van der Waals surface area contributed by atoms with Gasteiger partial charge in [-0.3, -0.25) is 0 Å². The van der Waals surface area contributed by atoms with Gasteiger partial charge in [-0.15, -0.1) is 0 Å². The predicted octanol–water partition coefficient (Wildman–Crippen LogP) is 4.52. The number of carbonyl (C=O) groups excluding carboxylic acids is 1. The Balaban J connectivity index is 0. The molecule has 0 aromatic heterocycles. The van der Waals surface area contributed by atoms with E-state index in [1.165, 1.54) is 0 Å². The van der Waals surface area contributed by atoms with Gasteiger partial charge >= 0.3 is 0 Å². The van der Waals surface area contributed by atoms with Crippen molar-refractivity contribution in [3.8, 4) is 0 Å². The monoisotopic (exact) mass is 333 g/mol. The van der Waals surface area contributed by atoms with Crippen molar-refractivity contribution in [2.75, 3.05) is 13.1 Å². The zero-order chi connectivity index (χ0) is 18.6.